The summed E-state index contributed by atoms with van der Waals surface area (Å²) in [5.41, 5.74) is 3.26. The second kappa shape index (κ2) is 6.34. The Morgan fingerprint density at radius 2 is 2.08 bits per heavy atom. The van der Waals surface area contributed by atoms with Crippen molar-refractivity contribution >= 4 is 5.97 Å². The van der Waals surface area contributed by atoms with Crippen LogP contribution < -0.4 is 4.74 Å². The van der Waals surface area contributed by atoms with Gasteiger partial charge in [-0.05, 0) is 86.0 Å². The first-order valence-electron chi connectivity index (χ1n) is 9.93. The van der Waals surface area contributed by atoms with Crippen LogP contribution in [-0.2, 0) is 16.0 Å². The molecular formula is C22H30O3. The van der Waals surface area contributed by atoms with Gasteiger partial charge in [0, 0.05) is 12.3 Å². The summed E-state index contributed by atoms with van der Waals surface area (Å²) in [5, 5.41) is 0. The molecule has 0 heterocycles. The Hall–Kier alpha value is -1.51. The monoisotopic (exact) mass is 342 g/mol. The number of esters is 1. The van der Waals surface area contributed by atoms with Crippen LogP contribution in [0.3, 0.4) is 0 Å². The minimum Gasteiger partial charge on any atom is -0.497 e. The molecule has 1 aromatic rings. The van der Waals surface area contributed by atoms with Gasteiger partial charge in [-0.3, -0.25) is 4.79 Å². The van der Waals surface area contributed by atoms with E-state index in [4.69, 9.17) is 9.47 Å². The number of carbonyl (C=O) groups excluding carboxylic acids is 1. The van der Waals surface area contributed by atoms with Gasteiger partial charge in [-0.2, -0.15) is 0 Å². The number of aryl methyl sites for hydroxylation is 1. The molecule has 0 saturated heterocycles. The third-order valence-corrected chi connectivity index (χ3v) is 7.54. The number of fused-ring (bicyclic) bond motifs is 5. The first-order valence-corrected chi connectivity index (χ1v) is 9.93. The minimum absolute atomic E-state index is 0.110. The van der Waals surface area contributed by atoms with Crippen molar-refractivity contribution in [1.82, 2.24) is 0 Å². The molecule has 3 aliphatic rings. The van der Waals surface area contributed by atoms with Gasteiger partial charge in [0.05, 0.1) is 7.11 Å². The van der Waals surface area contributed by atoms with Crippen LogP contribution in [0.25, 0.3) is 0 Å². The maximum atomic E-state index is 11.6. The normalized spacial score (nSPS) is 36.1. The van der Waals surface area contributed by atoms with Gasteiger partial charge < -0.3 is 9.47 Å². The van der Waals surface area contributed by atoms with Crippen LogP contribution in [-0.4, -0.2) is 19.2 Å². The molecule has 4 rings (SSSR count). The van der Waals surface area contributed by atoms with Crippen LogP contribution in [0.4, 0.5) is 0 Å². The quantitative estimate of drug-likeness (QED) is 0.735. The van der Waals surface area contributed by atoms with Crippen molar-refractivity contribution < 1.29 is 14.3 Å². The predicted octanol–water partition coefficient (Wildman–Crippen LogP) is 4.87. The molecule has 0 bridgehead atoms. The number of hydrogen-bond donors (Lipinski definition) is 0. The van der Waals surface area contributed by atoms with E-state index in [1.54, 1.807) is 19.6 Å². The van der Waals surface area contributed by atoms with E-state index < -0.39 is 0 Å². The van der Waals surface area contributed by atoms with E-state index in [1.165, 1.54) is 31.2 Å². The Morgan fingerprint density at radius 1 is 1.24 bits per heavy atom. The Balaban J connectivity index is 1.64. The molecule has 0 N–H and O–H groups in total. The van der Waals surface area contributed by atoms with Gasteiger partial charge in [-0.1, -0.05) is 13.0 Å². The average Bonchev–Trinajstić information content (AvgIpc) is 2.99. The first kappa shape index (κ1) is 16.9. The van der Waals surface area contributed by atoms with Gasteiger partial charge >= 0.3 is 5.97 Å². The molecular weight excluding hydrogens is 312 g/mol. The smallest absolute Gasteiger partial charge is 0.302 e. The van der Waals surface area contributed by atoms with Crippen LogP contribution >= 0.6 is 0 Å². The zero-order valence-corrected chi connectivity index (χ0v) is 15.7. The van der Waals surface area contributed by atoms with Gasteiger partial charge in [0.15, 0.2) is 0 Å². The van der Waals surface area contributed by atoms with Crippen molar-refractivity contribution in [3.05, 3.63) is 29.3 Å². The van der Waals surface area contributed by atoms with Crippen LogP contribution in [0.1, 0.15) is 69.4 Å². The van der Waals surface area contributed by atoms with Crippen molar-refractivity contribution in [2.75, 3.05) is 7.11 Å². The highest BCUT2D eigenvalue weighted by atomic mass is 16.5. The summed E-state index contributed by atoms with van der Waals surface area (Å²) in [6.45, 7) is 3.86. The van der Waals surface area contributed by atoms with E-state index in [2.05, 4.69) is 25.1 Å². The largest absolute Gasteiger partial charge is 0.497 e. The molecule has 0 aromatic heterocycles. The molecule has 1 aromatic carbocycles. The molecule has 0 spiro atoms. The second-order valence-electron chi connectivity index (χ2n) is 8.28. The number of carbonyl (C=O) groups is 1. The Bertz CT molecular complexity index is 667. The number of rotatable bonds is 3. The fourth-order valence-electron chi connectivity index (χ4n) is 6.49. The lowest BCUT2D eigenvalue weighted by Gasteiger charge is -2.51. The van der Waals surface area contributed by atoms with Crippen molar-refractivity contribution in [2.45, 2.75) is 70.8 Å². The minimum atomic E-state index is -0.110. The summed E-state index contributed by atoms with van der Waals surface area (Å²) in [6.07, 6.45) is 8.39. The summed E-state index contributed by atoms with van der Waals surface area (Å²) in [6, 6.07) is 6.67. The zero-order chi connectivity index (χ0) is 17.6. The topological polar surface area (TPSA) is 35.5 Å². The predicted molar refractivity (Wildman–Crippen MR) is 97.8 cm³/mol. The number of hydrogen-bond acceptors (Lipinski definition) is 3. The number of ether oxygens (including phenoxy) is 2. The van der Waals surface area contributed by atoms with Crippen molar-refractivity contribution in [1.29, 1.82) is 0 Å². The molecule has 0 radical (unpaired) electrons. The maximum absolute atomic E-state index is 11.6. The van der Waals surface area contributed by atoms with Gasteiger partial charge in [0.1, 0.15) is 11.9 Å². The number of methoxy groups -OCH3 is 1. The average molecular weight is 342 g/mol. The van der Waals surface area contributed by atoms with Crippen molar-refractivity contribution in [3.63, 3.8) is 0 Å². The van der Waals surface area contributed by atoms with E-state index >= 15 is 0 Å². The highest BCUT2D eigenvalue weighted by molar-refractivity contribution is 5.66. The lowest BCUT2D eigenvalue weighted by molar-refractivity contribution is -0.156. The van der Waals surface area contributed by atoms with Gasteiger partial charge in [-0.25, -0.2) is 0 Å². The van der Waals surface area contributed by atoms with Gasteiger partial charge in [0.2, 0.25) is 0 Å². The second-order valence-corrected chi connectivity index (χ2v) is 8.28. The Labute approximate surface area is 151 Å². The summed E-state index contributed by atoms with van der Waals surface area (Å²) in [7, 11) is 1.75. The molecule has 0 amide bonds. The molecule has 2 fully saturated rings. The molecule has 0 unspecified atom stereocenters. The molecule has 2 saturated carbocycles. The summed E-state index contributed by atoms with van der Waals surface area (Å²) < 4.78 is 11.2. The summed E-state index contributed by atoms with van der Waals surface area (Å²) in [4.78, 5) is 11.6. The molecule has 3 aliphatic carbocycles. The SMILES string of the molecule is CC[C@]12CC[C@@H]3c4ccc(OC)cc4CC[C@H]3[C@@H]1CC[C@@H]2OC(C)=O. The summed E-state index contributed by atoms with van der Waals surface area (Å²) in [5.74, 6) is 3.00. The third kappa shape index (κ3) is 2.58. The summed E-state index contributed by atoms with van der Waals surface area (Å²) >= 11 is 0. The van der Waals surface area contributed by atoms with Crippen molar-refractivity contribution in [2.24, 2.45) is 17.3 Å². The first-order chi connectivity index (χ1) is 12.1. The fraction of sp³-hybridized carbons (Fsp3) is 0.682. The highest BCUT2D eigenvalue weighted by Gasteiger charge is 2.57. The van der Waals surface area contributed by atoms with E-state index in [1.807, 2.05) is 0 Å². The van der Waals surface area contributed by atoms with E-state index in [0.29, 0.717) is 11.8 Å². The lowest BCUT2D eigenvalue weighted by atomic mass is 9.54. The lowest BCUT2D eigenvalue weighted by Crippen LogP contribution is -2.46. The van der Waals surface area contributed by atoms with Gasteiger partial charge in [0.25, 0.3) is 0 Å². The molecule has 25 heavy (non-hydrogen) atoms. The van der Waals surface area contributed by atoms with Crippen LogP contribution in [0.2, 0.25) is 0 Å². The standard InChI is InChI=1S/C22H30O3/c1-4-22-12-11-18-17-8-6-16(24-3)13-15(17)5-7-19(18)20(22)9-10-21(22)25-14(2)23/h6,8,13,18-21H,4-5,7,9-12H2,1-3H3/t18-,19-,20+,21+,22+/m1/s1. The highest BCUT2D eigenvalue weighted by Crippen LogP contribution is 2.63. The number of benzene rings is 1. The molecule has 3 nitrogen and oxygen atoms in total. The zero-order valence-electron chi connectivity index (χ0n) is 15.7. The third-order valence-electron chi connectivity index (χ3n) is 7.54. The van der Waals surface area contributed by atoms with Crippen LogP contribution in [0, 0.1) is 17.3 Å². The molecule has 3 heteroatoms. The Kier molecular flexibility index (Phi) is 4.29. The van der Waals surface area contributed by atoms with Crippen LogP contribution in [0.5, 0.6) is 5.75 Å². The van der Waals surface area contributed by atoms with Crippen molar-refractivity contribution in [3.8, 4) is 5.75 Å². The van der Waals surface area contributed by atoms with E-state index in [-0.39, 0.29) is 17.5 Å². The van der Waals surface area contributed by atoms with E-state index in [0.717, 1.165) is 30.9 Å². The van der Waals surface area contributed by atoms with E-state index in [9.17, 15) is 4.79 Å². The van der Waals surface area contributed by atoms with Crippen LogP contribution in [0.15, 0.2) is 18.2 Å². The molecule has 5 atom stereocenters. The Morgan fingerprint density at radius 3 is 2.80 bits per heavy atom. The maximum Gasteiger partial charge on any atom is 0.302 e. The van der Waals surface area contributed by atoms with Gasteiger partial charge in [-0.15, -0.1) is 0 Å². The molecule has 136 valence electrons. The molecule has 0 aliphatic heterocycles. The fourth-order valence-corrected chi connectivity index (χ4v) is 6.49.